The number of nitriles is 1. The number of halogens is 1. The zero-order chi connectivity index (χ0) is 18.4. The molecule has 0 saturated carbocycles. The summed E-state index contributed by atoms with van der Waals surface area (Å²) in [7, 11) is 0. The predicted molar refractivity (Wildman–Crippen MR) is 107 cm³/mol. The summed E-state index contributed by atoms with van der Waals surface area (Å²) in [5, 5.41) is 15.8. The Morgan fingerprint density at radius 2 is 1.96 bits per heavy atom. The number of rotatable bonds is 6. The highest BCUT2D eigenvalue weighted by molar-refractivity contribution is 7.11. The van der Waals surface area contributed by atoms with Crippen molar-refractivity contribution in [3.05, 3.63) is 70.1 Å². The van der Waals surface area contributed by atoms with Crippen LogP contribution in [0.3, 0.4) is 0 Å². The summed E-state index contributed by atoms with van der Waals surface area (Å²) < 4.78 is 5.45. The van der Waals surface area contributed by atoms with E-state index in [1.807, 2.05) is 48.7 Å². The van der Waals surface area contributed by atoms with Gasteiger partial charge < -0.3 is 10.1 Å². The van der Waals surface area contributed by atoms with Crippen molar-refractivity contribution in [2.24, 2.45) is 0 Å². The van der Waals surface area contributed by atoms with Gasteiger partial charge in [-0.2, -0.15) is 5.26 Å². The van der Waals surface area contributed by atoms with Crippen LogP contribution in [0.1, 0.15) is 11.9 Å². The molecule has 0 spiro atoms. The van der Waals surface area contributed by atoms with Crippen molar-refractivity contribution in [2.75, 3.05) is 11.9 Å². The second-order valence-corrected chi connectivity index (χ2v) is 6.61. The molecule has 0 radical (unpaired) electrons. The number of ether oxygens (including phenoxy) is 1. The Labute approximate surface area is 161 Å². The van der Waals surface area contributed by atoms with Crippen molar-refractivity contribution in [1.29, 1.82) is 5.26 Å². The van der Waals surface area contributed by atoms with E-state index in [-0.39, 0.29) is 0 Å². The van der Waals surface area contributed by atoms with E-state index in [9.17, 15) is 5.26 Å². The fourth-order valence-electron chi connectivity index (χ4n) is 2.26. The lowest BCUT2D eigenvalue weighted by Crippen LogP contribution is -1.91. The third-order valence-corrected chi connectivity index (χ3v) is 4.67. The Hall–Kier alpha value is -2.81. The molecule has 0 bridgehead atoms. The molecule has 130 valence electrons. The van der Waals surface area contributed by atoms with Gasteiger partial charge in [-0.1, -0.05) is 11.6 Å². The summed E-state index contributed by atoms with van der Waals surface area (Å²) >= 11 is 7.31. The van der Waals surface area contributed by atoms with E-state index in [0.29, 0.717) is 22.2 Å². The van der Waals surface area contributed by atoms with Crippen molar-refractivity contribution in [3.63, 3.8) is 0 Å². The monoisotopic (exact) mass is 381 g/mol. The van der Waals surface area contributed by atoms with E-state index in [1.54, 1.807) is 18.3 Å². The van der Waals surface area contributed by atoms with Crippen LogP contribution in [-0.2, 0) is 0 Å². The maximum absolute atomic E-state index is 9.45. The fraction of sp³-hybridized carbons (Fsp3) is 0.100. The molecule has 3 aromatic rings. The number of hydrogen-bond acceptors (Lipinski definition) is 5. The predicted octanol–water partition coefficient (Wildman–Crippen LogP) is 5.84. The molecule has 0 amide bonds. The number of nitrogens with zero attached hydrogens (tertiary/aromatic N) is 2. The molecule has 0 aliphatic heterocycles. The van der Waals surface area contributed by atoms with Crippen molar-refractivity contribution < 1.29 is 4.74 Å². The van der Waals surface area contributed by atoms with Crippen LogP contribution in [0, 0.1) is 11.3 Å². The number of anilines is 1. The van der Waals surface area contributed by atoms with Gasteiger partial charge in [-0.15, -0.1) is 11.3 Å². The minimum absolute atomic E-state index is 0.474. The number of thiazole rings is 1. The van der Waals surface area contributed by atoms with Crippen LogP contribution < -0.4 is 10.1 Å². The van der Waals surface area contributed by atoms with Gasteiger partial charge >= 0.3 is 0 Å². The first-order valence-electron chi connectivity index (χ1n) is 8.01. The van der Waals surface area contributed by atoms with Crippen molar-refractivity contribution in [3.8, 4) is 23.1 Å². The van der Waals surface area contributed by atoms with E-state index in [0.717, 1.165) is 22.7 Å². The SMILES string of the molecule is CCOc1ccc(-c2csc(C(C#N)=CNc3ccc(Cl)cc3)n2)cc1. The van der Waals surface area contributed by atoms with Crippen molar-refractivity contribution >= 4 is 34.2 Å². The average molecular weight is 382 g/mol. The van der Waals surface area contributed by atoms with Gasteiger partial charge in [0, 0.05) is 27.9 Å². The third kappa shape index (κ3) is 4.42. The number of allylic oxidation sites excluding steroid dienone is 1. The molecule has 0 fully saturated rings. The van der Waals surface area contributed by atoms with Crippen LogP contribution in [0.25, 0.3) is 16.8 Å². The second kappa shape index (κ2) is 8.52. The molecule has 0 atom stereocenters. The molecule has 2 aromatic carbocycles. The Bertz CT molecular complexity index is 940. The zero-order valence-electron chi connectivity index (χ0n) is 14.1. The summed E-state index contributed by atoms with van der Waals surface area (Å²) in [5.41, 5.74) is 3.15. The Morgan fingerprint density at radius 1 is 1.23 bits per heavy atom. The normalized spacial score (nSPS) is 11.0. The number of aromatic nitrogens is 1. The van der Waals surface area contributed by atoms with E-state index >= 15 is 0 Å². The number of benzene rings is 2. The zero-order valence-corrected chi connectivity index (χ0v) is 15.6. The average Bonchev–Trinajstić information content (AvgIpc) is 3.15. The van der Waals surface area contributed by atoms with Gasteiger partial charge in [0.25, 0.3) is 0 Å². The molecule has 0 unspecified atom stereocenters. The van der Waals surface area contributed by atoms with Crippen molar-refractivity contribution in [1.82, 2.24) is 4.98 Å². The van der Waals surface area contributed by atoms with E-state index in [4.69, 9.17) is 16.3 Å². The lowest BCUT2D eigenvalue weighted by Gasteiger charge is -2.03. The van der Waals surface area contributed by atoms with Crippen LogP contribution in [0.2, 0.25) is 5.02 Å². The molecular formula is C20H16ClN3OS. The van der Waals surface area contributed by atoms with Gasteiger partial charge in [0.15, 0.2) is 0 Å². The van der Waals surface area contributed by atoms with Crippen LogP contribution in [0.15, 0.2) is 60.1 Å². The summed E-state index contributed by atoms with van der Waals surface area (Å²) in [6.07, 6.45) is 1.66. The van der Waals surface area contributed by atoms with Gasteiger partial charge in [-0.05, 0) is 55.5 Å². The van der Waals surface area contributed by atoms with Crippen LogP contribution in [-0.4, -0.2) is 11.6 Å². The second-order valence-electron chi connectivity index (χ2n) is 5.32. The molecule has 26 heavy (non-hydrogen) atoms. The summed E-state index contributed by atoms with van der Waals surface area (Å²) in [5.74, 6) is 0.830. The Balaban J connectivity index is 1.77. The molecule has 6 heteroatoms. The van der Waals surface area contributed by atoms with Gasteiger partial charge in [0.1, 0.15) is 22.4 Å². The van der Waals surface area contributed by atoms with Crippen LogP contribution in [0.5, 0.6) is 5.75 Å². The summed E-state index contributed by atoms with van der Waals surface area (Å²) in [6.45, 7) is 2.59. The van der Waals surface area contributed by atoms with Crippen molar-refractivity contribution in [2.45, 2.75) is 6.92 Å². The Morgan fingerprint density at radius 3 is 2.62 bits per heavy atom. The highest BCUT2D eigenvalue weighted by atomic mass is 35.5. The smallest absolute Gasteiger partial charge is 0.136 e. The fourth-order valence-corrected chi connectivity index (χ4v) is 3.18. The maximum atomic E-state index is 9.45. The topological polar surface area (TPSA) is 57.9 Å². The van der Waals surface area contributed by atoms with Crippen LogP contribution in [0.4, 0.5) is 5.69 Å². The first-order valence-corrected chi connectivity index (χ1v) is 9.27. The lowest BCUT2D eigenvalue weighted by atomic mass is 10.2. The molecule has 0 aliphatic carbocycles. The molecule has 0 aliphatic rings. The van der Waals surface area contributed by atoms with Gasteiger partial charge in [-0.3, -0.25) is 0 Å². The first-order chi connectivity index (χ1) is 12.7. The van der Waals surface area contributed by atoms with Gasteiger partial charge in [0.05, 0.1) is 12.3 Å². The molecule has 1 heterocycles. The quantitative estimate of drug-likeness (QED) is 0.545. The lowest BCUT2D eigenvalue weighted by molar-refractivity contribution is 0.340. The highest BCUT2D eigenvalue weighted by Gasteiger charge is 2.09. The molecule has 1 aromatic heterocycles. The third-order valence-electron chi connectivity index (χ3n) is 3.54. The van der Waals surface area contributed by atoms with E-state index in [1.165, 1.54) is 11.3 Å². The summed E-state index contributed by atoms with van der Waals surface area (Å²) in [6, 6.07) is 17.2. The number of nitrogens with one attached hydrogen (secondary N) is 1. The minimum Gasteiger partial charge on any atom is -0.494 e. The van der Waals surface area contributed by atoms with Crippen LogP contribution >= 0.6 is 22.9 Å². The number of hydrogen-bond donors (Lipinski definition) is 1. The van der Waals surface area contributed by atoms with Gasteiger partial charge in [0.2, 0.25) is 0 Å². The first kappa shape index (κ1) is 18.0. The maximum Gasteiger partial charge on any atom is 0.136 e. The largest absolute Gasteiger partial charge is 0.494 e. The molecule has 0 saturated heterocycles. The molecule has 3 rings (SSSR count). The highest BCUT2D eigenvalue weighted by Crippen LogP contribution is 2.27. The Kier molecular flexibility index (Phi) is 5.90. The summed E-state index contributed by atoms with van der Waals surface area (Å²) in [4.78, 5) is 4.58. The molecular weight excluding hydrogens is 366 g/mol. The molecule has 4 nitrogen and oxygen atoms in total. The minimum atomic E-state index is 0.474. The van der Waals surface area contributed by atoms with E-state index < -0.39 is 0 Å². The molecule has 1 N–H and O–H groups in total. The van der Waals surface area contributed by atoms with Gasteiger partial charge in [-0.25, -0.2) is 4.98 Å². The van der Waals surface area contributed by atoms with E-state index in [2.05, 4.69) is 16.4 Å². The standard InChI is InChI=1S/C20H16ClN3OS/c1-2-25-18-9-3-14(4-10-18)19-13-26-20(24-19)15(11-22)12-23-17-7-5-16(21)6-8-17/h3-10,12-13,23H,2H2,1H3.